The number of aryl methyl sites for hydroxylation is 2. The first kappa shape index (κ1) is 11.7. The smallest absolute Gasteiger partial charge is 0.214 e. The lowest BCUT2D eigenvalue weighted by atomic mass is 10.2. The Kier molecular flexibility index (Phi) is 3.34. The van der Waals surface area contributed by atoms with E-state index in [4.69, 9.17) is 0 Å². The van der Waals surface area contributed by atoms with Gasteiger partial charge in [-0.3, -0.25) is 0 Å². The van der Waals surface area contributed by atoms with Crippen LogP contribution in [-0.2, 0) is 10.0 Å². The molecular formula is C9H12BrNO2S. The highest BCUT2D eigenvalue weighted by Crippen LogP contribution is 2.23. The molecule has 0 bridgehead atoms. The molecular weight excluding hydrogens is 266 g/mol. The minimum atomic E-state index is -3.35. The van der Waals surface area contributed by atoms with E-state index in [1.807, 2.05) is 13.0 Å². The molecule has 0 saturated carbocycles. The van der Waals surface area contributed by atoms with Crippen LogP contribution in [0.5, 0.6) is 0 Å². The molecule has 0 heterocycles. The van der Waals surface area contributed by atoms with Crippen molar-refractivity contribution in [2.75, 3.05) is 7.05 Å². The maximum absolute atomic E-state index is 11.6. The number of nitrogens with one attached hydrogen (secondary N) is 1. The first-order chi connectivity index (χ1) is 6.38. The second-order valence-corrected chi connectivity index (χ2v) is 5.78. The molecule has 1 rings (SSSR count). The van der Waals surface area contributed by atoms with E-state index in [1.54, 1.807) is 13.0 Å². The van der Waals surface area contributed by atoms with Crippen LogP contribution in [0, 0.1) is 13.8 Å². The van der Waals surface area contributed by atoms with Crippen LogP contribution in [0.1, 0.15) is 11.1 Å². The Morgan fingerprint density at radius 3 is 2.29 bits per heavy atom. The van der Waals surface area contributed by atoms with E-state index in [-0.39, 0.29) is 0 Å². The fourth-order valence-corrected chi connectivity index (χ4v) is 2.68. The first-order valence-electron chi connectivity index (χ1n) is 4.09. The van der Waals surface area contributed by atoms with E-state index < -0.39 is 10.0 Å². The summed E-state index contributed by atoms with van der Waals surface area (Å²) in [6.07, 6.45) is 0. The lowest BCUT2D eigenvalue weighted by Gasteiger charge is -2.08. The first-order valence-corrected chi connectivity index (χ1v) is 6.36. The van der Waals surface area contributed by atoms with Crippen molar-refractivity contribution in [3.63, 3.8) is 0 Å². The number of sulfonamides is 1. The van der Waals surface area contributed by atoms with Gasteiger partial charge in [0.25, 0.3) is 0 Å². The predicted octanol–water partition coefficient (Wildman–Crippen LogP) is 1.97. The monoisotopic (exact) mass is 277 g/mol. The average Bonchev–Trinajstić information content (AvgIpc) is 2.11. The minimum absolute atomic E-state index is 0.317. The van der Waals surface area contributed by atoms with Gasteiger partial charge in [-0.1, -0.05) is 22.0 Å². The molecule has 0 radical (unpaired) electrons. The van der Waals surface area contributed by atoms with Gasteiger partial charge in [0.2, 0.25) is 10.0 Å². The fraction of sp³-hybridized carbons (Fsp3) is 0.333. The Morgan fingerprint density at radius 2 is 1.79 bits per heavy atom. The largest absolute Gasteiger partial charge is 0.240 e. The molecule has 0 unspecified atom stereocenters. The lowest BCUT2D eigenvalue weighted by molar-refractivity contribution is 0.587. The number of hydrogen-bond donors (Lipinski definition) is 1. The van der Waals surface area contributed by atoms with Gasteiger partial charge in [0.05, 0.1) is 4.90 Å². The fourth-order valence-electron chi connectivity index (χ4n) is 1.21. The van der Waals surface area contributed by atoms with Gasteiger partial charge >= 0.3 is 0 Å². The Labute approximate surface area is 92.7 Å². The van der Waals surface area contributed by atoms with Gasteiger partial charge < -0.3 is 0 Å². The second kappa shape index (κ2) is 4.00. The van der Waals surface area contributed by atoms with Crippen molar-refractivity contribution in [2.24, 2.45) is 0 Å². The van der Waals surface area contributed by atoms with Crippen molar-refractivity contribution in [3.05, 3.63) is 27.7 Å². The second-order valence-electron chi connectivity index (χ2n) is 3.07. The summed E-state index contributed by atoms with van der Waals surface area (Å²) >= 11 is 3.31. The summed E-state index contributed by atoms with van der Waals surface area (Å²) in [5.41, 5.74) is 1.78. The molecule has 5 heteroatoms. The summed E-state index contributed by atoms with van der Waals surface area (Å²) < 4.78 is 26.2. The molecule has 1 N–H and O–H groups in total. The van der Waals surface area contributed by atoms with E-state index in [2.05, 4.69) is 20.7 Å². The van der Waals surface area contributed by atoms with Crippen LogP contribution in [0.25, 0.3) is 0 Å². The van der Waals surface area contributed by atoms with E-state index >= 15 is 0 Å². The number of halogens is 1. The van der Waals surface area contributed by atoms with Crippen molar-refractivity contribution >= 4 is 26.0 Å². The molecule has 0 amide bonds. The molecule has 78 valence electrons. The van der Waals surface area contributed by atoms with Gasteiger partial charge in [0, 0.05) is 4.47 Å². The third-order valence-electron chi connectivity index (χ3n) is 2.01. The van der Waals surface area contributed by atoms with Crippen molar-refractivity contribution < 1.29 is 8.42 Å². The van der Waals surface area contributed by atoms with Crippen LogP contribution < -0.4 is 4.72 Å². The zero-order chi connectivity index (χ0) is 10.9. The minimum Gasteiger partial charge on any atom is -0.214 e. The zero-order valence-electron chi connectivity index (χ0n) is 8.26. The number of hydrogen-bond acceptors (Lipinski definition) is 2. The number of rotatable bonds is 2. The summed E-state index contributed by atoms with van der Waals surface area (Å²) in [4.78, 5) is 0.317. The number of benzene rings is 1. The maximum atomic E-state index is 11.6. The van der Waals surface area contributed by atoms with Crippen LogP contribution in [0.15, 0.2) is 21.5 Å². The highest BCUT2D eigenvalue weighted by molar-refractivity contribution is 9.10. The van der Waals surface area contributed by atoms with Gasteiger partial charge in [-0.25, -0.2) is 13.1 Å². The third kappa shape index (κ3) is 2.16. The van der Waals surface area contributed by atoms with Gasteiger partial charge in [0.15, 0.2) is 0 Å². The van der Waals surface area contributed by atoms with E-state index in [0.29, 0.717) is 4.90 Å². The molecule has 0 aliphatic heterocycles. The highest BCUT2D eigenvalue weighted by atomic mass is 79.9. The molecule has 0 aromatic heterocycles. The molecule has 14 heavy (non-hydrogen) atoms. The topological polar surface area (TPSA) is 46.2 Å². The summed E-state index contributed by atoms with van der Waals surface area (Å²) in [7, 11) is -1.94. The molecule has 1 aromatic carbocycles. The van der Waals surface area contributed by atoms with Crippen LogP contribution in [0.2, 0.25) is 0 Å². The Morgan fingerprint density at radius 1 is 1.21 bits per heavy atom. The summed E-state index contributed by atoms with van der Waals surface area (Å²) in [6, 6.07) is 3.46. The third-order valence-corrected chi connectivity index (χ3v) is 4.43. The zero-order valence-corrected chi connectivity index (χ0v) is 10.7. The van der Waals surface area contributed by atoms with Crippen molar-refractivity contribution in [1.82, 2.24) is 4.72 Å². The Bertz CT molecular complexity index is 454. The molecule has 0 fully saturated rings. The molecule has 0 saturated heterocycles. The van der Waals surface area contributed by atoms with E-state index in [0.717, 1.165) is 15.6 Å². The van der Waals surface area contributed by atoms with Gasteiger partial charge in [-0.2, -0.15) is 0 Å². The summed E-state index contributed by atoms with van der Waals surface area (Å²) in [6.45, 7) is 3.70. The van der Waals surface area contributed by atoms with Crippen LogP contribution in [0.4, 0.5) is 0 Å². The van der Waals surface area contributed by atoms with Crippen molar-refractivity contribution in [1.29, 1.82) is 0 Å². The standard InChI is InChI=1S/C9H12BrNO2S/c1-6-4-7(2)9(5-8(6)10)14(12,13)11-3/h4-5,11H,1-3H3. The van der Waals surface area contributed by atoms with Crippen molar-refractivity contribution in [2.45, 2.75) is 18.7 Å². The predicted molar refractivity (Wildman–Crippen MR) is 59.9 cm³/mol. The van der Waals surface area contributed by atoms with Crippen molar-refractivity contribution in [3.8, 4) is 0 Å². The highest BCUT2D eigenvalue weighted by Gasteiger charge is 2.15. The molecule has 0 aliphatic rings. The maximum Gasteiger partial charge on any atom is 0.240 e. The van der Waals surface area contributed by atoms with Gasteiger partial charge in [0.1, 0.15) is 0 Å². The van der Waals surface area contributed by atoms with Gasteiger partial charge in [-0.05, 0) is 38.1 Å². The molecule has 0 spiro atoms. The Hall–Kier alpha value is -0.390. The molecule has 1 aromatic rings. The quantitative estimate of drug-likeness (QED) is 0.899. The molecule has 3 nitrogen and oxygen atoms in total. The summed E-state index contributed by atoms with van der Waals surface area (Å²) in [5, 5.41) is 0. The Balaban J connectivity index is 3.45. The van der Waals surface area contributed by atoms with Crippen LogP contribution in [0.3, 0.4) is 0 Å². The molecule has 0 aliphatic carbocycles. The normalized spacial score (nSPS) is 11.7. The van der Waals surface area contributed by atoms with Crippen LogP contribution in [-0.4, -0.2) is 15.5 Å². The van der Waals surface area contributed by atoms with Crippen LogP contribution >= 0.6 is 15.9 Å². The van der Waals surface area contributed by atoms with E-state index in [9.17, 15) is 8.42 Å². The van der Waals surface area contributed by atoms with E-state index in [1.165, 1.54) is 7.05 Å². The SMILES string of the molecule is CNS(=O)(=O)c1cc(Br)c(C)cc1C. The lowest BCUT2D eigenvalue weighted by Crippen LogP contribution is -2.19. The summed E-state index contributed by atoms with van der Waals surface area (Å²) in [5.74, 6) is 0. The van der Waals surface area contributed by atoms with Gasteiger partial charge in [-0.15, -0.1) is 0 Å². The average molecular weight is 278 g/mol. The molecule has 0 atom stereocenters.